The predicted molar refractivity (Wildman–Crippen MR) is 57.9 cm³/mol. The van der Waals surface area contributed by atoms with Crippen molar-refractivity contribution < 1.29 is 24.5 Å². The Morgan fingerprint density at radius 3 is 2.65 bits per heavy atom. The van der Waals surface area contributed by atoms with Gasteiger partial charge in [-0.25, -0.2) is 0 Å². The zero-order valence-corrected chi connectivity index (χ0v) is 8.88. The zero-order chi connectivity index (χ0) is 12.6. The van der Waals surface area contributed by atoms with Gasteiger partial charge < -0.3 is 24.5 Å². The summed E-state index contributed by atoms with van der Waals surface area (Å²) in [4.78, 5) is 11.8. The van der Waals surface area contributed by atoms with Gasteiger partial charge in [-0.1, -0.05) is 0 Å². The summed E-state index contributed by atoms with van der Waals surface area (Å²) in [7, 11) is 1.41. The maximum Gasteiger partial charge on any atom is 0.204 e. The van der Waals surface area contributed by atoms with E-state index in [0.29, 0.717) is 5.75 Å². The number of aliphatic hydroxyl groups excluding tert-OH is 1. The Bertz CT molecular complexity index is 613. The lowest BCUT2D eigenvalue weighted by Crippen LogP contribution is -2.12. The first kappa shape index (κ1) is 11.4. The van der Waals surface area contributed by atoms with E-state index in [4.69, 9.17) is 19.4 Å². The number of hydrogen-bond acceptors (Lipinski definition) is 6. The molecule has 0 atom stereocenters. The van der Waals surface area contributed by atoms with Crippen molar-refractivity contribution in [3.63, 3.8) is 0 Å². The number of rotatable bonds is 2. The molecule has 0 aliphatic rings. The van der Waals surface area contributed by atoms with Gasteiger partial charge in [-0.3, -0.25) is 4.79 Å². The number of benzene rings is 1. The highest BCUT2D eigenvalue weighted by Crippen LogP contribution is 2.28. The van der Waals surface area contributed by atoms with E-state index < -0.39 is 11.7 Å². The van der Waals surface area contributed by atoms with Crippen molar-refractivity contribution in [1.82, 2.24) is 0 Å². The van der Waals surface area contributed by atoms with E-state index in [1.54, 1.807) is 0 Å². The van der Waals surface area contributed by atoms with Crippen molar-refractivity contribution in [2.45, 2.75) is 6.29 Å². The van der Waals surface area contributed by atoms with Gasteiger partial charge >= 0.3 is 0 Å². The van der Waals surface area contributed by atoms with Crippen LogP contribution >= 0.6 is 0 Å². The van der Waals surface area contributed by atoms with Gasteiger partial charge in [0.1, 0.15) is 28.7 Å². The number of aliphatic hydroxyl groups is 2. The Balaban J connectivity index is 2.83. The van der Waals surface area contributed by atoms with E-state index in [1.165, 1.54) is 19.2 Å². The molecule has 0 bridgehead atoms. The number of ether oxygens (including phenoxy) is 1. The molecule has 3 N–H and O–H groups in total. The normalized spacial score (nSPS) is 11.1. The first-order valence-corrected chi connectivity index (χ1v) is 4.73. The number of phenolic OH excluding ortho intramolecular Hbond substituents is 1. The fourth-order valence-electron chi connectivity index (χ4n) is 1.52. The van der Waals surface area contributed by atoms with Gasteiger partial charge in [-0.2, -0.15) is 0 Å². The minimum absolute atomic E-state index is 0.108. The van der Waals surface area contributed by atoms with Crippen LogP contribution in [0.3, 0.4) is 0 Å². The van der Waals surface area contributed by atoms with Crippen LogP contribution in [-0.4, -0.2) is 22.4 Å². The third kappa shape index (κ3) is 1.83. The highest BCUT2D eigenvalue weighted by molar-refractivity contribution is 5.85. The highest BCUT2D eigenvalue weighted by Gasteiger charge is 2.16. The number of hydrogen-bond donors (Lipinski definition) is 3. The fraction of sp³-hybridized carbons (Fsp3) is 0.182. The lowest BCUT2D eigenvalue weighted by atomic mass is 10.1. The third-order valence-corrected chi connectivity index (χ3v) is 2.37. The van der Waals surface area contributed by atoms with E-state index in [-0.39, 0.29) is 22.3 Å². The summed E-state index contributed by atoms with van der Waals surface area (Å²) in [5, 5.41) is 27.4. The molecule has 0 saturated heterocycles. The molecule has 0 amide bonds. The second kappa shape index (κ2) is 4.08. The van der Waals surface area contributed by atoms with E-state index in [2.05, 4.69) is 0 Å². The van der Waals surface area contributed by atoms with Crippen molar-refractivity contribution in [3.8, 4) is 11.5 Å². The molecule has 1 aromatic carbocycles. The number of methoxy groups -OCH3 is 1. The molecule has 1 aromatic heterocycles. The third-order valence-electron chi connectivity index (χ3n) is 2.37. The van der Waals surface area contributed by atoms with Crippen molar-refractivity contribution in [2.24, 2.45) is 0 Å². The second-order valence-corrected chi connectivity index (χ2v) is 3.41. The van der Waals surface area contributed by atoms with Gasteiger partial charge in [0.15, 0.2) is 6.29 Å². The van der Waals surface area contributed by atoms with Gasteiger partial charge in [-0.15, -0.1) is 0 Å². The molecule has 0 radical (unpaired) electrons. The minimum atomic E-state index is -1.95. The molecule has 0 aliphatic heterocycles. The smallest absolute Gasteiger partial charge is 0.204 e. The summed E-state index contributed by atoms with van der Waals surface area (Å²) in [5.41, 5.74) is -0.921. The average Bonchev–Trinajstić information content (AvgIpc) is 2.28. The molecule has 2 aromatic rings. The molecule has 0 fully saturated rings. The Kier molecular flexibility index (Phi) is 2.74. The van der Waals surface area contributed by atoms with Crippen LogP contribution < -0.4 is 10.2 Å². The molecular weight excluding hydrogens is 228 g/mol. The van der Waals surface area contributed by atoms with Gasteiger partial charge in [0.05, 0.1) is 12.7 Å². The minimum Gasteiger partial charge on any atom is -0.507 e. The van der Waals surface area contributed by atoms with Crippen LogP contribution in [0.15, 0.2) is 27.6 Å². The van der Waals surface area contributed by atoms with E-state index >= 15 is 0 Å². The van der Waals surface area contributed by atoms with E-state index in [0.717, 1.165) is 6.26 Å². The molecule has 6 heteroatoms. The summed E-state index contributed by atoms with van der Waals surface area (Å²) in [6.45, 7) is 0. The van der Waals surface area contributed by atoms with Crippen LogP contribution in [0.5, 0.6) is 11.5 Å². The molecule has 2 rings (SSSR count). The van der Waals surface area contributed by atoms with Gasteiger partial charge in [0.25, 0.3) is 0 Å². The van der Waals surface area contributed by atoms with Crippen molar-refractivity contribution >= 4 is 11.0 Å². The molecule has 6 nitrogen and oxygen atoms in total. The van der Waals surface area contributed by atoms with Gasteiger partial charge in [-0.05, 0) is 0 Å². The maximum atomic E-state index is 11.8. The van der Waals surface area contributed by atoms with Crippen LogP contribution in [0.2, 0.25) is 0 Å². The Hall–Kier alpha value is -2.05. The number of fused-ring (bicyclic) bond motifs is 1. The maximum absolute atomic E-state index is 11.8. The summed E-state index contributed by atoms with van der Waals surface area (Å²) in [6.07, 6.45) is -1.01. The van der Waals surface area contributed by atoms with Crippen molar-refractivity contribution in [1.29, 1.82) is 0 Å². The molecule has 90 valence electrons. The first-order chi connectivity index (χ1) is 8.04. The SMILES string of the molecule is COc1cc(O)c2c(=O)c(C(O)O)coc2c1. The largest absolute Gasteiger partial charge is 0.507 e. The Morgan fingerprint density at radius 1 is 1.35 bits per heavy atom. The lowest BCUT2D eigenvalue weighted by Gasteiger charge is -2.06. The molecule has 0 spiro atoms. The molecule has 0 unspecified atom stereocenters. The molecule has 0 aliphatic carbocycles. The fourth-order valence-corrected chi connectivity index (χ4v) is 1.52. The average molecular weight is 238 g/mol. The summed E-state index contributed by atoms with van der Waals surface area (Å²) in [6, 6.07) is 2.66. The van der Waals surface area contributed by atoms with Crippen LogP contribution in [0.4, 0.5) is 0 Å². The number of phenols is 1. The second-order valence-electron chi connectivity index (χ2n) is 3.41. The summed E-state index contributed by atoms with van der Waals surface area (Å²) >= 11 is 0. The van der Waals surface area contributed by atoms with Crippen molar-refractivity contribution in [2.75, 3.05) is 7.11 Å². The number of aromatic hydroxyl groups is 1. The Labute approximate surface area is 95.3 Å². The molecular formula is C11H10O6. The first-order valence-electron chi connectivity index (χ1n) is 4.73. The Morgan fingerprint density at radius 2 is 2.06 bits per heavy atom. The van der Waals surface area contributed by atoms with Gasteiger partial charge in [0.2, 0.25) is 5.43 Å². The monoisotopic (exact) mass is 238 g/mol. The molecule has 17 heavy (non-hydrogen) atoms. The van der Waals surface area contributed by atoms with Crippen LogP contribution in [-0.2, 0) is 0 Å². The van der Waals surface area contributed by atoms with E-state index in [9.17, 15) is 9.90 Å². The zero-order valence-electron chi connectivity index (χ0n) is 8.88. The summed E-state index contributed by atoms with van der Waals surface area (Å²) < 4.78 is 9.95. The van der Waals surface area contributed by atoms with Crippen molar-refractivity contribution in [3.05, 3.63) is 34.2 Å². The topological polar surface area (TPSA) is 100 Å². The van der Waals surface area contributed by atoms with Crippen LogP contribution in [0.25, 0.3) is 11.0 Å². The quantitative estimate of drug-likeness (QED) is 0.658. The van der Waals surface area contributed by atoms with E-state index in [1.807, 2.05) is 0 Å². The highest BCUT2D eigenvalue weighted by atomic mass is 16.5. The summed E-state index contributed by atoms with van der Waals surface area (Å²) in [5.74, 6) is -0.00829. The standard InChI is InChI=1S/C11H10O6/c1-16-5-2-7(12)9-8(3-5)17-4-6(10(9)13)11(14)15/h2-4,11-12,14-15H,1H3. The lowest BCUT2D eigenvalue weighted by molar-refractivity contribution is -0.0442. The van der Waals surface area contributed by atoms with Gasteiger partial charge in [0, 0.05) is 12.1 Å². The van der Waals surface area contributed by atoms with Crippen LogP contribution in [0, 0.1) is 0 Å². The molecule has 1 heterocycles. The predicted octanol–water partition coefficient (Wildman–Crippen LogP) is 0.490. The molecule has 0 saturated carbocycles. The van der Waals surface area contributed by atoms with Crippen LogP contribution in [0.1, 0.15) is 11.9 Å².